The smallest absolute Gasteiger partial charge is 0.338 e. The number of aromatic nitrogens is 1. The summed E-state index contributed by atoms with van der Waals surface area (Å²) in [5.41, 5.74) is 3.39. The van der Waals surface area contributed by atoms with Gasteiger partial charge in [-0.2, -0.15) is 0 Å². The molecule has 7 rings (SSSR count). The van der Waals surface area contributed by atoms with Crippen molar-refractivity contribution in [1.29, 1.82) is 0 Å². The molecule has 0 N–H and O–H groups in total. The van der Waals surface area contributed by atoms with E-state index in [1.165, 1.54) is 11.3 Å². The molecule has 0 unspecified atom stereocenters. The Balaban J connectivity index is 1.34. The number of nitrogens with zero attached hydrogens (tertiary/aromatic N) is 2. The van der Waals surface area contributed by atoms with Gasteiger partial charge in [-0.05, 0) is 58.7 Å². The largest absolute Gasteiger partial charge is 0.488 e. The summed E-state index contributed by atoms with van der Waals surface area (Å²) in [6.45, 7) is 4.18. The molecule has 7 heteroatoms. The third kappa shape index (κ3) is 5.25. The van der Waals surface area contributed by atoms with Crippen LogP contribution in [0.1, 0.15) is 36.6 Å². The molecule has 1 aromatic heterocycles. The van der Waals surface area contributed by atoms with Gasteiger partial charge in [0.1, 0.15) is 12.4 Å². The fourth-order valence-electron chi connectivity index (χ4n) is 6.02. The van der Waals surface area contributed by atoms with E-state index in [0.29, 0.717) is 33.0 Å². The van der Waals surface area contributed by atoms with Gasteiger partial charge >= 0.3 is 5.97 Å². The van der Waals surface area contributed by atoms with Crippen LogP contribution in [0.2, 0.25) is 0 Å². The van der Waals surface area contributed by atoms with Gasteiger partial charge in [-0.25, -0.2) is 9.79 Å². The van der Waals surface area contributed by atoms with E-state index in [9.17, 15) is 9.59 Å². The lowest BCUT2D eigenvalue weighted by Crippen LogP contribution is -2.40. The number of rotatable bonds is 7. The van der Waals surface area contributed by atoms with Crippen LogP contribution in [0.15, 0.2) is 130 Å². The molecule has 45 heavy (non-hydrogen) atoms. The van der Waals surface area contributed by atoms with Crippen LogP contribution in [-0.2, 0) is 16.1 Å². The minimum absolute atomic E-state index is 0.220. The van der Waals surface area contributed by atoms with Crippen LogP contribution in [-0.4, -0.2) is 17.1 Å². The van der Waals surface area contributed by atoms with E-state index in [4.69, 9.17) is 14.5 Å². The fraction of sp³-hybridized carbons (Fsp3) is 0.132. The van der Waals surface area contributed by atoms with Crippen molar-refractivity contribution in [3.8, 4) is 5.75 Å². The van der Waals surface area contributed by atoms with Crippen molar-refractivity contribution in [2.45, 2.75) is 26.5 Å². The zero-order valence-electron chi connectivity index (χ0n) is 24.9. The lowest BCUT2D eigenvalue weighted by Gasteiger charge is -2.25. The van der Waals surface area contributed by atoms with Crippen molar-refractivity contribution in [3.63, 3.8) is 0 Å². The molecule has 0 radical (unpaired) electrons. The highest BCUT2D eigenvalue weighted by atomic mass is 32.1. The van der Waals surface area contributed by atoms with E-state index in [1.54, 1.807) is 18.4 Å². The predicted octanol–water partition coefficient (Wildman–Crippen LogP) is 6.68. The number of esters is 1. The molecule has 0 saturated carbocycles. The molecule has 5 aromatic carbocycles. The summed E-state index contributed by atoms with van der Waals surface area (Å²) in [7, 11) is 0. The first kappa shape index (κ1) is 28.5. The minimum Gasteiger partial charge on any atom is -0.488 e. The van der Waals surface area contributed by atoms with Crippen molar-refractivity contribution >= 4 is 44.9 Å². The summed E-state index contributed by atoms with van der Waals surface area (Å²) in [5.74, 6) is 0.198. The highest BCUT2D eigenvalue weighted by Gasteiger charge is 2.34. The van der Waals surface area contributed by atoms with Gasteiger partial charge in [0.15, 0.2) is 4.80 Å². The van der Waals surface area contributed by atoms with Crippen molar-refractivity contribution in [1.82, 2.24) is 4.57 Å². The van der Waals surface area contributed by atoms with Crippen molar-refractivity contribution < 1.29 is 14.3 Å². The topological polar surface area (TPSA) is 69.9 Å². The van der Waals surface area contributed by atoms with Crippen molar-refractivity contribution in [3.05, 3.63) is 157 Å². The van der Waals surface area contributed by atoms with E-state index in [-0.39, 0.29) is 12.2 Å². The van der Waals surface area contributed by atoms with Crippen LogP contribution in [0.4, 0.5) is 0 Å². The number of thiazole rings is 1. The lowest BCUT2D eigenvalue weighted by atomic mass is 9.91. The van der Waals surface area contributed by atoms with Crippen LogP contribution >= 0.6 is 11.3 Å². The van der Waals surface area contributed by atoms with Crippen molar-refractivity contribution in [2.75, 3.05) is 6.61 Å². The molecular formula is C38H30N2O4S. The minimum atomic E-state index is -0.689. The molecule has 1 aliphatic rings. The van der Waals surface area contributed by atoms with Crippen LogP contribution in [0.5, 0.6) is 5.75 Å². The van der Waals surface area contributed by atoms with Crippen LogP contribution in [0, 0.1) is 0 Å². The average molecular weight is 611 g/mol. The van der Waals surface area contributed by atoms with Gasteiger partial charge < -0.3 is 9.47 Å². The molecule has 1 atom stereocenters. The Bertz CT molecular complexity index is 2300. The van der Waals surface area contributed by atoms with Crippen LogP contribution < -0.4 is 19.6 Å². The number of para-hydroxylation sites is 1. The third-order valence-electron chi connectivity index (χ3n) is 8.10. The van der Waals surface area contributed by atoms with Crippen LogP contribution in [0.25, 0.3) is 27.6 Å². The molecule has 0 aliphatic carbocycles. The maximum atomic E-state index is 14.3. The molecule has 1 aliphatic heterocycles. The normalized spacial score (nSPS) is 14.8. The first-order chi connectivity index (χ1) is 22.0. The molecule has 0 amide bonds. The summed E-state index contributed by atoms with van der Waals surface area (Å²) in [4.78, 5) is 32.9. The quantitative estimate of drug-likeness (QED) is 0.189. The Labute approximate surface area is 263 Å². The summed E-state index contributed by atoms with van der Waals surface area (Å²) in [6.07, 6.45) is 1.85. The van der Waals surface area contributed by atoms with E-state index in [2.05, 4.69) is 24.3 Å². The number of fused-ring (bicyclic) bond motifs is 3. The molecular weight excluding hydrogens is 580 g/mol. The highest BCUT2D eigenvalue weighted by Crippen LogP contribution is 2.35. The number of hydrogen-bond acceptors (Lipinski definition) is 6. The first-order valence-corrected chi connectivity index (χ1v) is 15.7. The van der Waals surface area contributed by atoms with Gasteiger partial charge in [-0.1, -0.05) is 114 Å². The second-order valence-corrected chi connectivity index (χ2v) is 11.8. The van der Waals surface area contributed by atoms with Crippen molar-refractivity contribution in [2.24, 2.45) is 4.99 Å². The Morgan fingerprint density at radius 3 is 2.33 bits per heavy atom. The fourth-order valence-corrected chi connectivity index (χ4v) is 7.06. The average Bonchev–Trinajstić information content (AvgIpc) is 3.37. The summed E-state index contributed by atoms with van der Waals surface area (Å²) in [5, 5.41) is 4.29. The van der Waals surface area contributed by atoms with E-state index in [0.717, 1.165) is 38.2 Å². The number of carbonyl (C=O) groups is 1. The lowest BCUT2D eigenvalue weighted by molar-refractivity contribution is -0.139. The SMILES string of the molecule is CCOC(=O)C1=C(C)N=c2s/c(=C/c3ccccc3OCc3cccc4ccccc34)c(=O)n2[C@@H]1c1cccc2ccccc12. The number of ether oxygens (including phenoxy) is 2. The summed E-state index contributed by atoms with van der Waals surface area (Å²) in [6, 6.07) is 35.4. The van der Waals surface area contributed by atoms with E-state index >= 15 is 0 Å². The van der Waals surface area contributed by atoms with Crippen LogP contribution in [0.3, 0.4) is 0 Å². The molecule has 222 valence electrons. The second kappa shape index (κ2) is 12.0. The van der Waals surface area contributed by atoms with Gasteiger partial charge in [0.05, 0.1) is 28.5 Å². The van der Waals surface area contributed by atoms with E-state index in [1.807, 2.05) is 91.0 Å². The van der Waals surface area contributed by atoms with Gasteiger partial charge in [0, 0.05) is 5.56 Å². The molecule has 6 aromatic rings. The Hall–Kier alpha value is -5.27. The monoisotopic (exact) mass is 610 g/mol. The number of hydrogen-bond donors (Lipinski definition) is 0. The maximum Gasteiger partial charge on any atom is 0.338 e. The maximum absolute atomic E-state index is 14.3. The Morgan fingerprint density at radius 1 is 0.867 bits per heavy atom. The summed E-state index contributed by atoms with van der Waals surface area (Å²) >= 11 is 1.30. The Kier molecular flexibility index (Phi) is 7.61. The standard InChI is InChI=1S/C38H30N2O4S/c1-3-43-37(42)34-24(2)39-38-40(35(34)31-20-11-16-26-13-5-8-19-30(26)31)36(41)33(45-38)22-27-14-6-9-21-32(27)44-23-28-17-10-15-25-12-4-7-18-29(25)28/h4-22,35H,3,23H2,1-2H3/b33-22+/t35-/m1/s1. The van der Waals surface area contributed by atoms with Gasteiger partial charge in [-0.3, -0.25) is 9.36 Å². The number of benzene rings is 5. The molecule has 6 nitrogen and oxygen atoms in total. The number of allylic oxidation sites excluding steroid dienone is 1. The number of carbonyl (C=O) groups excluding carboxylic acids is 1. The third-order valence-corrected chi connectivity index (χ3v) is 9.09. The molecule has 0 bridgehead atoms. The summed E-state index contributed by atoms with van der Waals surface area (Å²) < 4.78 is 14.0. The van der Waals surface area contributed by atoms with Gasteiger partial charge in [0.25, 0.3) is 5.56 Å². The first-order valence-electron chi connectivity index (χ1n) is 14.9. The zero-order valence-corrected chi connectivity index (χ0v) is 25.7. The molecule has 0 fully saturated rings. The van der Waals surface area contributed by atoms with Gasteiger partial charge in [-0.15, -0.1) is 0 Å². The highest BCUT2D eigenvalue weighted by molar-refractivity contribution is 7.07. The predicted molar refractivity (Wildman–Crippen MR) is 179 cm³/mol. The zero-order chi connectivity index (χ0) is 30.9. The van der Waals surface area contributed by atoms with E-state index < -0.39 is 12.0 Å². The molecule has 0 saturated heterocycles. The molecule has 0 spiro atoms. The Morgan fingerprint density at radius 2 is 1.53 bits per heavy atom. The second-order valence-electron chi connectivity index (χ2n) is 10.8. The molecule has 2 heterocycles. The van der Waals surface area contributed by atoms with Gasteiger partial charge in [0.2, 0.25) is 0 Å².